The van der Waals surface area contributed by atoms with E-state index in [9.17, 15) is 25.0 Å². The van der Waals surface area contributed by atoms with Crippen LogP contribution in [-0.4, -0.2) is 15.8 Å². The first-order chi connectivity index (χ1) is 10.5. The quantitative estimate of drug-likeness (QED) is 0.673. The number of nitrogens with one attached hydrogen (secondary N) is 1. The number of nitro benzene ring substituents is 2. The number of carbonyl (C=O) groups is 1. The monoisotopic (exact) mass is 301 g/mol. The third-order valence-corrected chi connectivity index (χ3v) is 2.88. The molecule has 0 bridgehead atoms. The predicted molar refractivity (Wildman–Crippen MR) is 78.5 cm³/mol. The molecule has 8 heteroatoms. The normalized spacial score (nSPS) is 10.0. The van der Waals surface area contributed by atoms with Crippen LogP contribution < -0.4 is 5.32 Å². The van der Waals surface area contributed by atoms with Gasteiger partial charge < -0.3 is 5.32 Å². The Kier molecular flexibility index (Phi) is 4.42. The maximum absolute atomic E-state index is 11.9. The highest BCUT2D eigenvalue weighted by molar-refractivity contribution is 5.92. The molecule has 1 amide bonds. The summed E-state index contributed by atoms with van der Waals surface area (Å²) in [6, 6.07) is 11.8. The minimum Gasteiger partial charge on any atom is -0.326 e. The van der Waals surface area contributed by atoms with Crippen molar-refractivity contribution in [2.45, 2.75) is 6.42 Å². The number of para-hydroxylation sites is 1. The van der Waals surface area contributed by atoms with Crippen molar-refractivity contribution < 1.29 is 14.6 Å². The molecule has 0 aliphatic rings. The van der Waals surface area contributed by atoms with Crippen LogP contribution in [0.3, 0.4) is 0 Å². The average molecular weight is 301 g/mol. The third kappa shape index (κ3) is 3.63. The molecule has 0 heterocycles. The van der Waals surface area contributed by atoms with Gasteiger partial charge in [0.25, 0.3) is 11.4 Å². The van der Waals surface area contributed by atoms with Gasteiger partial charge in [-0.3, -0.25) is 25.0 Å². The van der Waals surface area contributed by atoms with Crippen molar-refractivity contribution in [3.63, 3.8) is 0 Å². The Morgan fingerprint density at radius 1 is 1.00 bits per heavy atom. The Morgan fingerprint density at radius 2 is 1.68 bits per heavy atom. The van der Waals surface area contributed by atoms with Gasteiger partial charge in [0, 0.05) is 17.3 Å². The standard InChI is InChI=1S/C14H11N3O5/c18-14(15-11-4-2-1-3-5-11)8-10-6-7-12(16(19)20)9-13(10)17(21)22/h1-7,9H,8H2,(H,15,18). The lowest BCUT2D eigenvalue weighted by atomic mass is 10.1. The SMILES string of the molecule is O=C(Cc1ccc([N+](=O)[O-])cc1[N+](=O)[O-])Nc1ccccc1. The summed E-state index contributed by atoms with van der Waals surface area (Å²) in [5, 5.41) is 24.2. The van der Waals surface area contributed by atoms with E-state index in [-0.39, 0.29) is 17.7 Å². The number of nitrogens with zero attached hydrogens (tertiary/aromatic N) is 2. The lowest BCUT2D eigenvalue weighted by Gasteiger charge is -2.05. The Hall–Kier alpha value is -3.29. The second-order valence-electron chi connectivity index (χ2n) is 4.42. The summed E-state index contributed by atoms with van der Waals surface area (Å²) in [4.78, 5) is 32.1. The highest BCUT2D eigenvalue weighted by atomic mass is 16.6. The molecular weight excluding hydrogens is 290 g/mol. The Morgan fingerprint density at radius 3 is 2.27 bits per heavy atom. The van der Waals surface area contributed by atoms with Crippen molar-refractivity contribution >= 4 is 23.0 Å². The number of rotatable bonds is 5. The zero-order valence-electron chi connectivity index (χ0n) is 11.3. The third-order valence-electron chi connectivity index (χ3n) is 2.88. The highest BCUT2D eigenvalue weighted by Gasteiger charge is 2.21. The fourth-order valence-corrected chi connectivity index (χ4v) is 1.88. The molecular formula is C14H11N3O5. The van der Waals surface area contributed by atoms with Gasteiger partial charge >= 0.3 is 0 Å². The number of anilines is 1. The molecule has 0 aliphatic heterocycles. The van der Waals surface area contributed by atoms with Crippen LogP contribution in [0.2, 0.25) is 0 Å². The molecule has 2 aromatic rings. The van der Waals surface area contributed by atoms with Gasteiger partial charge in [-0.25, -0.2) is 0 Å². The van der Waals surface area contributed by atoms with E-state index in [4.69, 9.17) is 0 Å². The molecule has 0 saturated carbocycles. The van der Waals surface area contributed by atoms with Gasteiger partial charge in [-0.05, 0) is 18.2 Å². The summed E-state index contributed by atoms with van der Waals surface area (Å²) >= 11 is 0. The number of hydrogen-bond donors (Lipinski definition) is 1. The van der Waals surface area contributed by atoms with Crippen molar-refractivity contribution in [1.29, 1.82) is 0 Å². The summed E-state index contributed by atoms with van der Waals surface area (Å²) in [6.07, 6.45) is -0.247. The minimum absolute atomic E-state index is 0.115. The van der Waals surface area contributed by atoms with Crippen LogP contribution in [-0.2, 0) is 11.2 Å². The van der Waals surface area contributed by atoms with Crippen molar-refractivity contribution in [3.8, 4) is 0 Å². The van der Waals surface area contributed by atoms with Crippen LogP contribution >= 0.6 is 0 Å². The number of carbonyl (C=O) groups excluding carboxylic acids is 1. The highest BCUT2D eigenvalue weighted by Crippen LogP contribution is 2.25. The number of non-ortho nitro benzene ring substituents is 1. The molecule has 1 N–H and O–H groups in total. The Labute approximate surface area is 124 Å². The molecule has 0 atom stereocenters. The molecule has 0 spiro atoms. The van der Waals surface area contributed by atoms with Crippen LogP contribution in [0.25, 0.3) is 0 Å². The molecule has 22 heavy (non-hydrogen) atoms. The van der Waals surface area contributed by atoms with E-state index in [0.29, 0.717) is 5.69 Å². The maximum Gasteiger partial charge on any atom is 0.279 e. The van der Waals surface area contributed by atoms with E-state index in [2.05, 4.69) is 5.32 Å². The number of amides is 1. The Bertz CT molecular complexity index is 731. The maximum atomic E-state index is 11.9. The van der Waals surface area contributed by atoms with E-state index >= 15 is 0 Å². The summed E-state index contributed by atoms with van der Waals surface area (Å²) in [5.41, 5.74) is -0.155. The second kappa shape index (κ2) is 6.44. The molecule has 2 aromatic carbocycles. The predicted octanol–water partition coefficient (Wildman–Crippen LogP) is 2.68. The Balaban J connectivity index is 2.20. The smallest absolute Gasteiger partial charge is 0.279 e. The molecule has 2 rings (SSSR count). The van der Waals surface area contributed by atoms with E-state index < -0.39 is 21.4 Å². The molecule has 0 fully saturated rings. The molecule has 0 aliphatic carbocycles. The summed E-state index contributed by atoms with van der Waals surface area (Å²) in [5.74, 6) is -0.442. The van der Waals surface area contributed by atoms with Crippen LogP contribution in [0.5, 0.6) is 0 Å². The van der Waals surface area contributed by atoms with Crippen molar-refractivity contribution in [2.75, 3.05) is 5.32 Å². The molecule has 0 unspecified atom stereocenters. The van der Waals surface area contributed by atoms with E-state index in [1.165, 1.54) is 6.07 Å². The zero-order valence-corrected chi connectivity index (χ0v) is 11.3. The molecule has 0 saturated heterocycles. The van der Waals surface area contributed by atoms with E-state index in [1.54, 1.807) is 30.3 Å². The number of nitro groups is 2. The largest absolute Gasteiger partial charge is 0.326 e. The van der Waals surface area contributed by atoms with Crippen LogP contribution in [0.4, 0.5) is 17.1 Å². The van der Waals surface area contributed by atoms with Crippen molar-refractivity contribution in [3.05, 3.63) is 74.3 Å². The zero-order chi connectivity index (χ0) is 16.1. The van der Waals surface area contributed by atoms with Gasteiger partial charge in [0.2, 0.25) is 5.91 Å². The second-order valence-corrected chi connectivity index (χ2v) is 4.42. The van der Waals surface area contributed by atoms with Gasteiger partial charge in [-0.15, -0.1) is 0 Å². The average Bonchev–Trinajstić information content (AvgIpc) is 2.48. The van der Waals surface area contributed by atoms with Crippen molar-refractivity contribution in [1.82, 2.24) is 0 Å². The molecule has 112 valence electrons. The number of hydrogen-bond acceptors (Lipinski definition) is 5. The first-order valence-electron chi connectivity index (χ1n) is 6.24. The fraction of sp³-hybridized carbons (Fsp3) is 0.0714. The van der Waals surface area contributed by atoms with Crippen molar-refractivity contribution in [2.24, 2.45) is 0 Å². The summed E-state index contributed by atoms with van der Waals surface area (Å²) < 4.78 is 0. The van der Waals surface area contributed by atoms with E-state index in [0.717, 1.165) is 12.1 Å². The lowest BCUT2D eigenvalue weighted by Crippen LogP contribution is -2.15. The van der Waals surface area contributed by atoms with Gasteiger partial charge in [0.15, 0.2) is 0 Å². The van der Waals surface area contributed by atoms with Gasteiger partial charge in [-0.2, -0.15) is 0 Å². The molecule has 0 radical (unpaired) electrons. The fourth-order valence-electron chi connectivity index (χ4n) is 1.88. The van der Waals surface area contributed by atoms with Crippen LogP contribution in [0, 0.1) is 20.2 Å². The number of benzene rings is 2. The van der Waals surface area contributed by atoms with Crippen LogP contribution in [0.15, 0.2) is 48.5 Å². The van der Waals surface area contributed by atoms with Crippen LogP contribution in [0.1, 0.15) is 5.56 Å². The van der Waals surface area contributed by atoms with Gasteiger partial charge in [-0.1, -0.05) is 18.2 Å². The first-order valence-corrected chi connectivity index (χ1v) is 6.24. The lowest BCUT2D eigenvalue weighted by molar-refractivity contribution is -0.394. The molecule has 0 aromatic heterocycles. The first kappa shape index (κ1) is 15.1. The van der Waals surface area contributed by atoms with Gasteiger partial charge in [0.05, 0.1) is 22.3 Å². The van der Waals surface area contributed by atoms with E-state index in [1.807, 2.05) is 0 Å². The summed E-state index contributed by atoms with van der Waals surface area (Å²) in [6.45, 7) is 0. The minimum atomic E-state index is -0.738. The summed E-state index contributed by atoms with van der Waals surface area (Å²) in [7, 11) is 0. The topological polar surface area (TPSA) is 115 Å². The van der Waals surface area contributed by atoms with Gasteiger partial charge in [0.1, 0.15) is 0 Å². The molecule has 8 nitrogen and oxygen atoms in total.